The van der Waals surface area contributed by atoms with E-state index in [0.29, 0.717) is 0 Å². The Labute approximate surface area is 225 Å². The van der Waals surface area contributed by atoms with Gasteiger partial charge in [0.25, 0.3) is 0 Å². The van der Waals surface area contributed by atoms with Crippen molar-refractivity contribution in [3.8, 4) is 5.69 Å². The lowest BCUT2D eigenvalue weighted by Gasteiger charge is -2.26. The van der Waals surface area contributed by atoms with Gasteiger partial charge < -0.3 is 13.9 Å². The third kappa shape index (κ3) is 3.37. The topological polar surface area (TPSA) is 21.3 Å². The molecule has 8 aromatic rings. The molecule has 0 unspecified atom stereocenters. The zero-order chi connectivity index (χ0) is 25.8. The largest absolute Gasteiger partial charge is 0.456 e. The summed E-state index contributed by atoms with van der Waals surface area (Å²) in [5.74, 6) is 0. The van der Waals surface area contributed by atoms with Crippen LogP contribution in [-0.2, 0) is 0 Å². The molecule has 39 heavy (non-hydrogen) atoms. The number of hydrogen-bond acceptors (Lipinski definition) is 2. The standard InChI is InChI=1S/C36H24N2O/c1-3-12-25(13-4-1)37(27-22-23-35-30(24-27)28-16-8-10-21-34(28)39-35)32-19-11-20-33-36(32)29-17-7-9-18-31(29)38(33)26-14-5-2-6-15-26/h1-24H. The van der Waals surface area contributed by atoms with Crippen molar-refractivity contribution in [1.82, 2.24) is 4.57 Å². The van der Waals surface area contributed by atoms with E-state index in [1.165, 1.54) is 21.8 Å². The molecule has 0 aliphatic rings. The van der Waals surface area contributed by atoms with Gasteiger partial charge in [-0.2, -0.15) is 0 Å². The van der Waals surface area contributed by atoms with Gasteiger partial charge in [0, 0.05) is 38.6 Å². The van der Waals surface area contributed by atoms with Crippen molar-refractivity contribution >= 4 is 60.8 Å². The molecule has 0 amide bonds. The molecule has 2 aromatic heterocycles. The van der Waals surface area contributed by atoms with Crippen LogP contribution in [0.1, 0.15) is 0 Å². The van der Waals surface area contributed by atoms with Crippen LogP contribution in [0.2, 0.25) is 0 Å². The Hall–Kier alpha value is -5.28. The van der Waals surface area contributed by atoms with E-state index in [1.807, 2.05) is 12.1 Å². The molecule has 0 radical (unpaired) electrons. The summed E-state index contributed by atoms with van der Waals surface area (Å²) in [4.78, 5) is 2.37. The number of anilines is 3. The molecule has 0 aliphatic carbocycles. The lowest BCUT2D eigenvalue weighted by atomic mass is 10.1. The summed E-state index contributed by atoms with van der Waals surface area (Å²) >= 11 is 0. The van der Waals surface area contributed by atoms with Crippen LogP contribution >= 0.6 is 0 Å². The van der Waals surface area contributed by atoms with Crippen LogP contribution in [0.3, 0.4) is 0 Å². The van der Waals surface area contributed by atoms with Crippen molar-refractivity contribution in [3.63, 3.8) is 0 Å². The SMILES string of the molecule is c1ccc(N(c2ccc3oc4ccccc4c3c2)c2cccc3c2c2ccccc2n3-c2ccccc2)cc1. The fraction of sp³-hybridized carbons (Fsp3) is 0. The predicted octanol–water partition coefficient (Wildman–Crippen LogP) is 10.2. The number of aromatic nitrogens is 1. The molecule has 0 spiro atoms. The molecule has 0 N–H and O–H groups in total. The number of hydrogen-bond donors (Lipinski definition) is 0. The van der Waals surface area contributed by atoms with Crippen molar-refractivity contribution in [2.24, 2.45) is 0 Å². The Morgan fingerprint density at radius 3 is 1.97 bits per heavy atom. The van der Waals surface area contributed by atoms with Gasteiger partial charge in [-0.25, -0.2) is 0 Å². The Balaban J connectivity index is 1.46. The number of rotatable bonds is 4. The van der Waals surface area contributed by atoms with E-state index in [1.54, 1.807) is 0 Å². The summed E-state index contributed by atoms with van der Waals surface area (Å²) in [7, 11) is 0. The van der Waals surface area contributed by atoms with Crippen molar-refractivity contribution in [3.05, 3.63) is 146 Å². The van der Waals surface area contributed by atoms with E-state index in [9.17, 15) is 0 Å². The van der Waals surface area contributed by atoms with Gasteiger partial charge in [0.1, 0.15) is 11.2 Å². The van der Waals surface area contributed by atoms with E-state index < -0.39 is 0 Å². The average Bonchev–Trinajstić information content (AvgIpc) is 3.54. The quantitative estimate of drug-likeness (QED) is 0.240. The summed E-state index contributed by atoms with van der Waals surface area (Å²) in [6.45, 7) is 0. The maximum atomic E-state index is 6.16. The monoisotopic (exact) mass is 500 g/mol. The molecule has 0 saturated carbocycles. The number of fused-ring (bicyclic) bond motifs is 6. The van der Waals surface area contributed by atoms with Crippen molar-refractivity contribution < 1.29 is 4.42 Å². The van der Waals surface area contributed by atoms with Gasteiger partial charge in [0.15, 0.2) is 0 Å². The Kier molecular flexibility index (Phi) is 4.82. The Morgan fingerprint density at radius 1 is 0.462 bits per heavy atom. The van der Waals surface area contributed by atoms with E-state index in [-0.39, 0.29) is 0 Å². The first-order valence-electron chi connectivity index (χ1n) is 13.2. The van der Waals surface area contributed by atoms with Crippen LogP contribution in [0.15, 0.2) is 150 Å². The van der Waals surface area contributed by atoms with Crippen molar-refractivity contribution in [2.45, 2.75) is 0 Å². The molecule has 0 bridgehead atoms. The molecule has 3 heteroatoms. The fourth-order valence-electron chi connectivity index (χ4n) is 5.90. The summed E-state index contributed by atoms with van der Waals surface area (Å²) in [6.07, 6.45) is 0. The zero-order valence-electron chi connectivity index (χ0n) is 21.2. The molecule has 6 aromatic carbocycles. The third-order valence-electron chi connectivity index (χ3n) is 7.56. The maximum absolute atomic E-state index is 6.16. The van der Waals surface area contributed by atoms with Crippen molar-refractivity contribution in [2.75, 3.05) is 4.90 Å². The second kappa shape index (κ2) is 8.64. The first-order chi connectivity index (χ1) is 19.4. The lowest BCUT2D eigenvalue weighted by molar-refractivity contribution is 0.669. The van der Waals surface area contributed by atoms with Crippen LogP contribution in [0.25, 0.3) is 49.4 Å². The van der Waals surface area contributed by atoms with E-state index in [4.69, 9.17) is 4.42 Å². The summed E-state index contributed by atoms with van der Waals surface area (Å²) in [6, 6.07) is 51.3. The van der Waals surface area contributed by atoms with Gasteiger partial charge in [-0.15, -0.1) is 0 Å². The van der Waals surface area contributed by atoms with Gasteiger partial charge in [0.05, 0.1) is 16.7 Å². The first-order valence-corrected chi connectivity index (χ1v) is 13.2. The average molecular weight is 501 g/mol. The molecule has 0 fully saturated rings. The van der Waals surface area contributed by atoms with Gasteiger partial charge in [-0.3, -0.25) is 0 Å². The summed E-state index contributed by atoms with van der Waals surface area (Å²) in [5.41, 5.74) is 8.65. The molecule has 8 rings (SSSR count). The summed E-state index contributed by atoms with van der Waals surface area (Å²) < 4.78 is 8.52. The lowest BCUT2D eigenvalue weighted by Crippen LogP contribution is -2.10. The van der Waals surface area contributed by atoms with E-state index in [0.717, 1.165) is 44.7 Å². The highest BCUT2D eigenvalue weighted by Crippen LogP contribution is 2.44. The zero-order valence-corrected chi connectivity index (χ0v) is 21.2. The molecular weight excluding hydrogens is 476 g/mol. The van der Waals surface area contributed by atoms with Crippen LogP contribution in [-0.4, -0.2) is 4.57 Å². The first kappa shape index (κ1) is 21.8. The van der Waals surface area contributed by atoms with Gasteiger partial charge >= 0.3 is 0 Å². The highest BCUT2D eigenvalue weighted by Gasteiger charge is 2.21. The van der Waals surface area contributed by atoms with E-state index >= 15 is 0 Å². The summed E-state index contributed by atoms with van der Waals surface area (Å²) in [5, 5.41) is 4.69. The Morgan fingerprint density at radius 2 is 1.13 bits per heavy atom. The van der Waals surface area contributed by atoms with Crippen molar-refractivity contribution in [1.29, 1.82) is 0 Å². The number of benzene rings is 6. The number of para-hydroxylation sites is 4. The second-order valence-corrected chi connectivity index (χ2v) is 9.81. The molecule has 0 saturated heterocycles. The number of nitrogens with zero attached hydrogens (tertiary/aromatic N) is 2. The van der Waals surface area contributed by atoms with Crippen LogP contribution in [0.4, 0.5) is 17.1 Å². The minimum absolute atomic E-state index is 0.895. The van der Waals surface area contributed by atoms with Gasteiger partial charge in [0.2, 0.25) is 0 Å². The molecular formula is C36H24N2O. The minimum atomic E-state index is 0.895. The van der Waals surface area contributed by atoms with Gasteiger partial charge in [-0.05, 0) is 66.7 Å². The van der Waals surface area contributed by atoms with Gasteiger partial charge in [-0.1, -0.05) is 78.9 Å². The highest BCUT2D eigenvalue weighted by molar-refractivity contribution is 6.17. The number of furan rings is 1. The molecule has 0 atom stereocenters. The Bertz CT molecular complexity index is 2120. The molecule has 2 heterocycles. The minimum Gasteiger partial charge on any atom is -0.456 e. The second-order valence-electron chi connectivity index (χ2n) is 9.81. The maximum Gasteiger partial charge on any atom is 0.135 e. The van der Waals surface area contributed by atoms with E-state index in [2.05, 4.69) is 143 Å². The third-order valence-corrected chi connectivity index (χ3v) is 7.56. The smallest absolute Gasteiger partial charge is 0.135 e. The van der Waals surface area contributed by atoms with Crippen LogP contribution in [0.5, 0.6) is 0 Å². The molecule has 0 aliphatic heterocycles. The van der Waals surface area contributed by atoms with Crippen LogP contribution < -0.4 is 4.90 Å². The normalized spacial score (nSPS) is 11.6. The molecule has 3 nitrogen and oxygen atoms in total. The predicted molar refractivity (Wildman–Crippen MR) is 163 cm³/mol. The van der Waals surface area contributed by atoms with Crippen LogP contribution in [0, 0.1) is 0 Å². The fourth-order valence-corrected chi connectivity index (χ4v) is 5.90. The molecule has 184 valence electrons. The highest BCUT2D eigenvalue weighted by atomic mass is 16.3.